The Kier molecular flexibility index (Phi) is 3.25. The summed E-state index contributed by atoms with van der Waals surface area (Å²) in [5, 5.41) is 11.7. The number of hydrogen-bond acceptors (Lipinski definition) is 6. The fourth-order valence-electron chi connectivity index (χ4n) is 3.35. The van der Waals surface area contributed by atoms with Crippen molar-refractivity contribution in [2.24, 2.45) is 0 Å². The zero-order valence-corrected chi connectivity index (χ0v) is 12.4. The molecule has 5 atom stereocenters. The summed E-state index contributed by atoms with van der Waals surface area (Å²) in [6, 6.07) is -0.634. The maximum Gasteiger partial charge on any atom is 0.163 e. The molecule has 20 heavy (non-hydrogen) atoms. The predicted octanol–water partition coefficient (Wildman–Crippen LogP) is 1.29. The summed E-state index contributed by atoms with van der Waals surface area (Å²) in [4.78, 5) is 0. The van der Waals surface area contributed by atoms with Crippen LogP contribution in [0.5, 0.6) is 0 Å². The van der Waals surface area contributed by atoms with Gasteiger partial charge in [-0.25, -0.2) is 0 Å². The fourth-order valence-corrected chi connectivity index (χ4v) is 3.35. The number of ether oxygens (including phenoxy) is 4. The highest BCUT2D eigenvalue weighted by Crippen LogP contribution is 2.43. The Bertz CT molecular complexity index is 410. The number of hydroxylamine groups is 2. The van der Waals surface area contributed by atoms with E-state index in [4.69, 9.17) is 18.9 Å². The lowest BCUT2D eigenvalue weighted by Gasteiger charge is -2.31. The molecule has 3 rings (SSSR count). The quantitative estimate of drug-likeness (QED) is 0.771. The van der Waals surface area contributed by atoms with E-state index in [0.29, 0.717) is 6.61 Å². The standard InChI is InChI=1S/C14H23NO5/c1-6-8-11-12(20-14(4,5)19-11)10(15(8)16)9-7-17-13(2,3)18-9/h6,8-12,16H,1,7H2,2-5H3/t8-,9?,10+,11-,12+/m1/s1. The van der Waals surface area contributed by atoms with Gasteiger partial charge < -0.3 is 24.2 Å². The molecule has 6 nitrogen and oxygen atoms in total. The van der Waals surface area contributed by atoms with Gasteiger partial charge in [-0.1, -0.05) is 6.08 Å². The maximum absolute atomic E-state index is 10.4. The van der Waals surface area contributed by atoms with Crippen molar-refractivity contribution in [2.45, 2.75) is 69.7 Å². The van der Waals surface area contributed by atoms with Crippen molar-refractivity contribution in [2.75, 3.05) is 6.61 Å². The summed E-state index contributed by atoms with van der Waals surface area (Å²) in [7, 11) is 0. The second-order valence-electron chi connectivity index (χ2n) is 6.53. The van der Waals surface area contributed by atoms with Crippen molar-refractivity contribution in [3.05, 3.63) is 12.7 Å². The van der Waals surface area contributed by atoms with Gasteiger partial charge in [0, 0.05) is 0 Å². The van der Waals surface area contributed by atoms with Crippen LogP contribution in [0.15, 0.2) is 12.7 Å². The third-order valence-corrected chi connectivity index (χ3v) is 4.10. The Balaban J connectivity index is 1.85. The molecule has 1 N–H and O–H groups in total. The Hall–Kier alpha value is -0.500. The molecule has 0 amide bonds. The van der Waals surface area contributed by atoms with Gasteiger partial charge >= 0.3 is 0 Å². The van der Waals surface area contributed by atoms with Gasteiger partial charge in [-0.3, -0.25) is 0 Å². The van der Waals surface area contributed by atoms with Crippen LogP contribution in [-0.2, 0) is 18.9 Å². The van der Waals surface area contributed by atoms with Gasteiger partial charge in [0.2, 0.25) is 0 Å². The number of nitrogens with zero attached hydrogens (tertiary/aromatic N) is 1. The van der Waals surface area contributed by atoms with E-state index in [1.807, 2.05) is 27.7 Å². The zero-order chi connectivity index (χ0) is 14.7. The molecule has 3 saturated heterocycles. The SMILES string of the molecule is C=C[C@@H]1[C@H]2OC(C)(C)O[C@H]2[C@H](C2COC(C)(C)O2)N1O. The molecule has 0 saturated carbocycles. The lowest BCUT2D eigenvalue weighted by Crippen LogP contribution is -2.48. The predicted molar refractivity (Wildman–Crippen MR) is 70.1 cm³/mol. The molecule has 3 fully saturated rings. The van der Waals surface area contributed by atoms with Crippen LogP contribution in [0.2, 0.25) is 0 Å². The van der Waals surface area contributed by atoms with E-state index < -0.39 is 11.6 Å². The van der Waals surface area contributed by atoms with Crippen LogP contribution in [0.4, 0.5) is 0 Å². The molecule has 0 aliphatic carbocycles. The van der Waals surface area contributed by atoms with Gasteiger partial charge in [0.25, 0.3) is 0 Å². The van der Waals surface area contributed by atoms with Crippen molar-refractivity contribution in [1.82, 2.24) is 5.06 Å². The molecule has 0 aromatic rings. The minimum absolute atomic E-state index is 0.246. The first-order chi connectivity index (χ1) is 9.24. The average molecular weight is 285 g/mol. The third kappa shape index (κ3) is 2.20. The molecule has 0 aromatic carbocycles. The van der Waals surface area contributed by atoms with Crippen molar-refractivity contribution < 1.29 is 24.2 Å². The third-order valence-electron chi connectivity index (χ3n) is 4.10. The van der Waals surface area contributed by atoms with E-state index in [1.165, 1.54) is 5.06 Å². The molecule has 3 heterocycles. The normalized spacial score (nSPS) is 46.5. The maximum atomic E-state index is 10.4. The first-order valence-corrected chi connectivity index (χ1v) is 7.01. The summed E-state index contributed by atoms with van der Waals surface area (Å²) in [6.07, 6.45) is 0.916. The van der Waals surface area contributed by atoms with Crippen molar-refractivity contribution in [3.63, 3.8) is 0 Å². The highest BCUT2D eigenvalue weighted by atomic mass is 16.8. The van der Waals surface area contributed by atoms with Crippen molar-refractivity contribution in [1.29, 1.82) is 0 Å². The summed E-state index contributed by atoms with van der Waals surface area (Å²) >= 11 is 0. The topological polar surface area (TPSA) is 60.4 Å². The number of fused-ring (bicyclic) bond motifs is 1. The van der Waals surface area contributed by atoms with E-state index in [1.54, 1.807) is 6.08 Å². The molecule has 3 aliphatic rings. The Morgan fingerprint density at radius 1 is 1.10 bits per heavy atom. The van der Waals surface area contributed by atoms with E-state index in [0.717, 1.165) is 0 Å². The van der Waals surface area contributed by atoms with Crippen LogP contribution in [0, 0.1) is 0 Å². The Morgan fingerprint density at radius 2 is 1.75 bits per heavy atom. The van der Waals surface area contributed by atoms with Gasteiger partial charge in [0.05, 0.1) is 18.7 Å². The Morgan fingerprint density at radius 3 is 2.30 bits per heavy atom. The lowest BCUT2D eigenvalue weighted by molar-refractivity contribution is -0.228. The first-order valence-electron chi connectivity index (χ1n) is 7.01. The van der Waals surface area contributed by atoms with E-state index in [2.05, 4.69) is 6.58 Å². The highest BCUT2D eigenvalue weighted by molar-refractivity contribution is 5.11. The number of hydrogen-bond donors (Lipinski definition) is 1. The molecule has 0 bridgehead atoms. The Labute approximate surface area is 119 Å². The first kappa shape index (κ1) is 14.4. The molecule has 6 heteroatoms. The smallest absolute Gasteiger partial charge is 0.163 e. The molecule has 1 unspecified atom stereocenters. The van der Waals surface area contributed by atoms with Crippen LogP contribution < -0.4 is 0 Å². The molecular formula is C14H23NO5. The summed E-state index contributed by atoms with van der Waals surface area (Å²) in [5.41, 5.74) is 0. The van der Waals surface area contributed by atoms with E-state index in [-0.39, 0.29) is 30.4 Å². The number of rotatable bonds is 2. The van der Waals surface area contributed by atoms with Crippen LogP contribution in [0.3, 0.4) is 0 Å². The van der Waals surface area contributed by atoms with Crippen molar-refractivity contribution >= 4 is 0 Å². The second-order valence-corrected chi connectivity index (χ2v) is 6.53. The van der Waals surface area contributed by atoms with Crippen LogP contribution >= 0.6 is 0 Å². The molecule has 0 aromatic heterocycles. The minimum atomic E-state index is -0.662. The summed E-state index contributed by atoms with van der Waals surface area (Å²) in [5.74, 6) is -1.30. The summed E-state index contributed by atoms with van der Waals surface area (Å²) < 4.78 is 23.3. The van der Waals surface area contributed by atoms with Crippen LogP contribution in [-0.4, -0.2) is 58.8 Å². The van der Waals surface area contributed by atoms with E-state index in [9.17, 15) is 5.21 Å². The van der Waals surface area contributed by atoms with Gasteiger partial charge in [0.15, 0.2) is 11.6 Å². The van der Waals surface area contributed by atoms with Crippen LogP contribution in [0.1, 0.15) is 27.7 Å². The second kappa shape index (κ2) is 4.50. The zero-order valence-electron chi connectivity index (χ0n) is 12.4. The molecule has 0 radical (unpaired) electrons. The van der Waals surface area contributed by atoms with Gasteiger partial charge in [0.1, 0.15) is 18.3 Å². The summed E-state index contributed by atoms with van der Waals surface area (Å²) in [6.45, 7) is 11.7. The van der Waals surface area contributed by atoms with Gasteiger partial charge in [-0.2, -0.15) is 5.06 Å². The highest BCUT2D eigenvalue weighted by Gasteiger charge is 2.60. The van der Waals surface area contributed by atoms with Crippen molar-refractivity contribution in [3.8, 4) is 0 Å². The minimum Gasteiger partial charge on any atom is -0.348 e. The fraction of sp³-hybridized carbons (Fsp3) is 0.857. The van der Waals surface area contributed by atoms with Gasteiger partial charge in [-0.15, -0.1) is 6.58 Å². The molecule has 3 aliphatic heterocycles. The van der Waals surface area contributed by atoms with Crippen LogP contribution in [0.25, 0.3) is 0 Å². The van der Waals surface area contributed by atoms with E-state index >= 15 is 0 Å². The average Bonchev–Trinajstić information content (AvgIpc) is 2.88. The monoisotopic (exact) mass is 285 g/mol. The largest absolute Gasteiger partial charge is 0.348 e. The molecule has 114 valence electrons. The molecule has 0 spiro atoms. The lowest BCUT2D eigenvalue weighted by atomic mass is 10.0. The molecular weight excluding hydrogens is 262 g/mol. The van der Waals surface area contributed by atoms with Gasteiger partial charge in [-0.05, 0) is 27.7 Å².